The van der Waals surface area contributed by atoms with Crippen LogP contribution in [0.4, 0.5) is 8.78 Å². The second-order valence-electron chi connectivity index (χ2n) is 2.43. The molecule has 0 aliphatic rings. The second-order valence-corrected chi connectivity index (χ2v) is 2.79. The average molecular weight is 225 g/mol. The Balaban J connectivity index is 2.55. The molecule has 0 aliphatic carbocycles. The van der Waals surface area contributed by atoms with Crippen LogP contribution in [0, 0.1) is 0 Å². The molecule has 7 heteroatoms. The van der Waals surface area contributed by atoms with Gasteiger partial charge in [0.1, 0.15) is 6.61 Å². The highest BCUT2D eigenvalue weighted by molar-refractivity contribution is 6.28. The van der Waals surface area contributed by atoms with Crippen LogP contribution in [0.2, 0.25) is 5.28 Å². The fourth-order valence-electron chi connectivity index (χ4n) is 0.760. The fourth-order valence-corrected chi connectivity index (χ4v) is 0.895. The number of alkyl halides is 2. The van der Waals surface area contributed by atoms with Gasteiger partial charge in [-0.3, -0.25) is 9.78 Å². The highest BCUT2D eigenvalue weighted by Gasteiger charge is 2.05. The van der Waals surface area contributed by atoms with Crippen molar-refractivity contribution in [3.63, 3.8) is 0 Å². The molecular weight excluding hydrogens is 218 g/mol. The molecule has 4 nitrogen and oxygen atoms in total. The summed E-state index contributed by atoms with van der Waals surface area (Å²) in [5, 5.41) is -0.0485. The zero-order chi connectivity index (χ0) is 10.6. The number of nitrogens with one attached hydrogen (secondary N) is 1. The van der Waals surface area contributed by atoms with Crippen molar-refractivity contribution in [1.29, 1.82) is 0 Å². The number of nitrogens with zero attached hydrogens (tertiary/aromatic N) is 1. The van der Waals surface area contributed by atoms with Crippen LogP contribution in [0.15, 0.2) is 11.0 Å². The van der Waals surface area contributed by atoms with E-state index in [2.05, 4.69) is 14.7 Å². The molecule has 14 heavy (non-hydrogen) atoms. The zero-order valence-electron chi connectivity index (χ0n) is 6.97. The van der Waals surface area contributed by atoms with E-state index in [1.165, 1.54) is 6.20 Å². The van der Waals surface area contributed by atoms with Crippen molar-refractivity contribution in [2.45, 2.75) is 13.0 Å². The standard InChI is InChI=1S/C7H7ClF2N2O2/c8-7-11-1-4(6(13)12-7)2-14-3-5(9)10/h1,5H,2-3H2,(H,11,12,13). The quantitative estimate of drug-likeness (QED) is 0.782. The molecule has 0 spiro atoms. The molecule has 0 bridgehead atoms. The molecule has 0 unspecified atom stereocenters. The van der Waals surface area contributed by atoms with E-state index in [9.17, 15) is 13.6 Å². The molecule has 1 rings (SSSR count). The first-order valence-electron chi connectivity index (χ1n) is 3.69. The second kappa shape index (κ2) is 5.02. The summed E-state index contributed by atoms with van der Waals surface area (Å²) in [6, 6.07) is 0. The summed E-state index contributed by atoms with van der Waals surface area (Å²) >= 11 is 5.37. The van der Waals surface area contributed by atoms with Gasteiger partial charge in [-0.25, -0.2) is 13.8 Å². The molecule has 0 saturated carbocycles. The van der Waals surface area contributed by atoms with Crippen LogP contribution >= 0.6 is 11.6 Å². The number of ether oxygens (including phenoxy) is 1. The molecule has 0 saturated heterocycles. The number of H-pyrrole nitrogens is 1. The van der Waals surface area contributed by atoms with Gasteiger partial charge in [0.2, 0.25) is 5.28 Å². The van der Waals surface area contributed by atoms with Crippen LogP contribution in [0.3, 0.4) is 0 Å². The van der Waals surface area contributed by atoms with E-state index in [0.717, 1.165) is 0 Å². The molecule has 1 aromatic heterocycles. The van der Waals surface area contributed by atoms with Gasteiger partial charge in [0.05, 0.1) is 12.2 Å². The van der Waals surface area contributed by atoms with Crippen molar-refractivity contribution in [2.75, 3.05) is 6.61 Å². The maximum atomic E-state index is 11.7. The predicted molar refractivity (Wildman–Crippen MR) is 45.5 cm³/mol. The lowest BCUT2D eigenvalue weighted by atomic mass is 10.4. The van der Waals surface area contributed by atoms with Crippen molar-refractivity contribution >= 4 is 11.6 Å². The molecule has 0 radical (unpaired) electrons. The summed E-state index contributed by atoms with van der Waals surface area (Å²) in [6.45, 7) is -0.911. The number of aromatic nitrogens is 2. The monoisotopic (exact) mass is 224 g/mol. The molecule has 0 amide bonds. The van der Waals surface area contributed by atoms with Gasteiger partial charge in [-0.1, -0.05) is 0 Å². The minimum absolute atomic E-state index is 0.0485. The molecule has 0 aromatic carbocycles. The van der Waals surface area contributed by atoms with Gasteiger partial charge in [0, 0.05) is 6.20 Å². The Hall–Kier alpha value is -1.01. The summed E-state index contributed by atoms with van der Waals surface area (Å²) in [7, 11) is 0. The van der Waals surface area contributed by atoms with Gasteiger partial charge in [0.15, 0.2) is 0 Å². The van der Waals surface area contributed by atoms with Crippen molar-refractivity contribution in [1.82, 2.24) is 9.97 Å². The lowest BCUT2D eigenvalue weighted by Crippen LogP contribution is -2.15. The van der Waals surface area contributed by atoms with Gasteiger partial charge in [-0.15, -0.1) is 0 Å². The van der Waals surface area contributed by atoms with E-state index < -0.39 is 18.6 Å². The topological polar surface area (TPSA) is 55.0 Å². The van der Waals surface area contributed by atoms with Crippen LogP contribution < -0.4 is 5.56 Å². The van der Waals surface area contributed by atoms with E-state index >= 15 is 0 Å². The first kappa shape index (κ1) is 11.1. The number of halogens is 3. The minimum Gasteiger partial charge on any atom is -0.371 e. The predicted octanol–water partition coefficient (Wildman–Crippen LogP) is 1.20. The maximum Gasteiger partial charge on any atom is 0.261 e. The summed E-state index contributed by atoms with van der Waals surface area (Å²) in [5.74, 6) is 0. The normalized spacial score (nSPS) is 10.9. The highest BCUT2D eigenvalue weighted by atomic mass is 35.5. The van der Waals surface area contributed by atoms with Crippen LogP contribution in [0.1, 0.15) is 5.56 Å². The van der Waals surface area contributed by atoms with Crippen molar-refractivity contribution in [3.8, 4) is 0 Å². The van der Waals surface area contributed by atoms with Crippen LogP contribution in [0.25, 0.3) is 0 Å². The molecule has 78 valence electrons. The largest absolute Gasteiger partial charge is 0.371 e. The molecule has 0 aliphatic heterocycles. The lowest BCUT2D eigenvalue weighted by Gasteiger charge is -2.01. The lowest BCUT2D eigenvalue weighted by molar-refractivity contribution is 0.00944. The first-order chi connectivity index (χ1) is 6.59. The number of hydrogen-bond acceptors (Lipinski definition) is 3. The van der Waals surface area contributed by atoms with Crippen LogP contribution in [-0.4, -0.2) is 23.0 Å². The molecule has 1 heterocycles. The van der Waals surface area contributed by atoms with Gasteiger partial charge in [-0.05, 0) is 11.6 Å². The SMILES string of the molecule is O=c1[nH]c(Cl)ncc1COCC(F)F. The van der Waals surface area contributed by atoms with E-state index in [-0.39, 0.29) is 17.5 Å². The van der Waals surface area contributed by atoms with Crippen LogP contribution in [0.5, 0.6) is 0 Å². The Bertz CT molecular complexity index is 356. The summed E-state index contributed by atoms with van der Waals surface area (Å²) in [6.07, 6.45) is -1.36. The van der Waals surface area contributed by atoms with Gasteiger partial charge in [-0.2, -0.15) is 0 Å². The maximum absolute atomic E-state index is 11.7. The van der Waals surface area contributed by atoms with Crippen molar-refractivity contribution in [2.24, 2.45) is 0 Å². The van der Waals surface area contributed by atoms with Gasteiger partial charge < -0.3 is 4.74 Å². The number of hydrogen-bond donors (Lipinski definition) is 1. The van der Waals surface area contributed by atoms with E-state index in [1.807, 2.05) is 0 Å². The smallest absolute Gasteiger partial charge is 0.261 e. The molecule has 0 fully saturated rings. The third-order valence-corrected chi connectivity index (χ3v) is 1.54. The number of aromatic amines is 1. The number of rotatable bonds is 4. The first-order valence-corrected chi connectivity index (χ1v) is 4.07. The highest BCUT2D eigenvalue weighted by Crippen LogP contribution is 1.99. The fraction of sp³-hybridized carbons (Fsp3) is 0.429. The summed E-state index contributed by atoms with van der Waals surface area (Å²) < 4.78 is 27.9. The van der Waals surface area contributed by atoms with Crippen LogP contribution in [-0.2, 0) is 11.3 Å². The van der Waals surface area contributed by atoms with Crippen molar-refractivity contribution < 1.29 is 13.5 Å². The Morgan fingerprint density at radius 3 is 2.93 bits per heavy atom. The minimum atomic E-state index is -2.55. The van der Waals surface area contributed by atoms with Crippen molar-refractivity contribution in [3.05, 3.63) is 27.4 Å². The Morgan fingerprint density at radius 2 is 2.36 bits per heavy atom. The van der Waals surface area contributed by atoms with Gasteiger partial charge >= 0.3 is 0 Å². The zero-order valence-corrected chi connectivity index (χ0v) is 7.72. The van der Waals surface area contributed by atoms with Gasteiger partial charge in [0.25, 0.3) is 12.0 Å². The van der Waals surface area contributed by atoms with E-state index in [1.54, 1.807) is 0 Å². The third-order valence-electron chi connectivity index (χ3n) is 1.34. The molecule has 1 aromatic rings. The Labute approximate surface area is 82.9 Å². The molecular formula is C7H7ClF2N2O2. The summed E-state index contributed by atoms with van der Waals surface area (Å²) in [5.41, 5.74) is -0.325. The molecule has 1 N–H and O–H groups in total. The Morgan fingerprint density at radius 1 is 1.64 bits per heavy atom. The Kier molecular flexibility index (Phi) is 3.97. The molecule has 0 atom stereocenters. The van der Waals surface area contributed by atoms with E-state index in [4.69, 9.17) is 11.6 Å². The third kappa shape index (κ3) is 3.39. The van der Waals surface area contributed by atoms with E-state index in [0.29, 0.717) is 0 Å². The summed E-state index contributed by atoms with van der Waals surface area (Å²) in [4.78, 5) is 16.9. The average Bonchev–Trinajstić information content (AvgIpc) is 2.08.